The highest BCUT2D eigenvalue weighted by atomic mass is 16.5. The zero-order chi connectivity index (χ0) is 30.2. The number of fused-ring (bicyclic) bond motifs is 9. The molecular weight excluding hydrogens is 562 g/mol. The predicted octanol–water partition coefficient (Wildman–Crippen LogP) is 9.83. The molecule has 218 valence electrons. The molecule has 8 aromatic rings. The van der Waals surface area contributed by atoms with Crippen LogP contribution < -0.4 is 4.74 Å². The minimum absolute atomic E-state index is 0.0354. The zero-order valence-corrected chi connectivity index (χ0v) is 25.0. The molecule has 0 fully saturated rings. The van der Waals surface area contributed by atoms with Crippen LogP contribution in [0, 0.1) is 0 Å². The Bertz CT molecular complexity index is 2500. The van der Waals surface area contributed by atoms with Gasteiger partial charge < -0.3 is 13.9 Å². The number of nitrogens with zero attached hydrogens (tertiary/aromatic N) is 3. The monoisotopic (exact) mass is 591 g/mol. The second-order valence-corrected chi connectivity index (χ2v) is 12.4. The number of hydrogen-bond donors (Lipinski definition) is 0. The lowest BCUT2D eigenvalue weighted by atomic mass is 9.87. The van der Waals surface area contributed by atoms with E-state index in [1.807, 2.05) is 6.20 Å². The molecule has 2 unspecified atom stereocenters. The summed E-state index contributed by atoms with van der Waals surface area (Å²) in [6.07, 6.45) is 8.61. The molecule has 1 aliphatic heterocycles. The highest BCUT2D eigenvalue weighted by Crippen LogP contribution is 2.44. The summed E-state index contributed by atoms with van der Waals surface area (Å²) in [5.74, 6) is 0.844. The maximum atomic E-state index is 6.31. The Kier molecular flexibility index (Phi) is 5.43. The van der Waals surface area contributed by atoms with Gasteiger partial charge in [0.25, 0.3) is 0 Å². The van der Waals surface area contributed by atoms with Crippen molar-refractivity contribution in [2.75, 3.05) is 0 Å². The minimum atomic E-state index is -0.0354. The van der Waals surface area contributed by atoms with E-state index < -0.39 is 0 Å². The molecule has 0 saturated carbocycles. The van der Waals surface area contributed by atoms with E-state index in [0.29, 0.717) is 0 Å². The van der Waals surface area contributed by atoms with Crippen LogP contribution >= 0.6 is 0 Å². The highest BCUT2D eigenvalue weighted by Gasteiger charge is 2.35. The molecule has 0 bridgehead atoms. The van der Waals surface area contributed by atoms with Gasteiger partial charge in [0.05, 0.1) is 22.9 Å². The van der Waals surface area contributed by atoms with Crippen molar-refractivity contribution < 1.29 is 4.74 Å². The van der Waals surface area contributed by atoms with Gasteiger partial charge in [0.2, 0.25) is 5.88 Å². The van der Waals surface area contributed by atoms with Gasteiger partial charge in [-0.1, -0.05) is 103 Å². The number of para-hydroxylation sites is 3. The summed E-state index contributed by atoms with van der Waals surface area (Å²) in [6, 6.07) is 45.9. The third-order valence-corrected chi connectivity index (χ3v) is 9.77. The van der Waals surface area contributed by atoms with E-state index in [2.05, 4.69) is 155 Å². The van der Waals surface area contributed by atoms with Gasteiger partial charge in [-0.25, -0.2) is 4.98 Å². The first kappa shape index (κ1) is 25.5. The first-order valence-electron chi connectivity index (χ1n) is 15.9. The fourth-order valence-electron chi connectivity index (χ4n) is 7.66. The van der Waals surface area contributed by atoms with E-state index in [9.17, 15) is 0 Å². The van der Waals surface area contributed by atoms with E-state index in [1.165, 1.54) is 60.3 Å². The fraction of sp³-hybridized carbons (Fsp3) is 0.0714. The lowest BCUT2D eigenvalue weighted by Crippen LogP contribution is -2.17. The second kappa shape index (κ2) is 9.82. The topological polar surface area (TPSA) is 32.0 Å². The normalized spacial score (nSPS) is 17.0. The Labute approximate surface area is 266 Å². The number of ether oxygens (including phenoxy) is 1. The molecule has 4 heteroatoms. The number of aromatic nitrogens is 3. The Morgan fingerprint density at radius 3 is 2.04 bits per heavy atom. The average Bonchev–Trinajstić information content (AvgIpc) is 3.76. The van der Waals surface area contributed by atoms with Gasteiger partial charge >= 0.3 is 0 Å². The van der Waals surface area contributed by atoms with Crippen molar-refractivity contribution >= 4 is 49.2 Å². The molecule has 2 atom stereocenters. The van der Waals surface area contributed by atoms with Gasteiger partial charge in [0.15, 0.2) is 0 Å². The van der Waals surface area contributed by atoms with Gasteiger partial charge in [-0.05, 0) is 59.2 Å². The first-order chi connectivity index (χ1) is 22.8. The molecule has 2 aliphatic rings. The van der Waals surface area contributed by atoms with Crippen LogP contribution in [0.1, 0.15) is 22.6 Å². The van der Waals surface area contributed by atoms with E-state index in [1.54, 1.807) is 0 Å². The average molecular weight is 592 g/mol. The SMILES string of the molecule is C1=CC2Oc3ncc(-n4c5ccccc5c5cc(Cn6c7ccccc7c7ccccc76)ccc54)cc3C2C=C1c1ccccc1. The third-order valence-electron chi connectivity index (χ3n) is 9.77. The predicted molar refractivity (Wildman–Crippen MR) is 188 cm³/mol. The van der Waals surface area contributed by atoms with Crippen LogP contribution in [-0.2, 0) is 6.54 Å². The van der Waals surface area contributed by atoms with Crippen molar-refractivity contribution in [3.8, 4) is 11.6 Å². The van der Waals surface area contributed by atoms with Crippen LogP contribution in [0.15, 0.2) is 152 Å². The number of allylic oxidation sites excluding steroid dienone is 2. The molecule has 4 nitrogen and oxygen atoms in total. The maximum Gasteiger partial charge on any atom is 0.218 e. The summed E-state index contributed by atoms with van der Waals surface area (Å²) >= 11 is 0. The summed E-state index contributed by atoms with van der Waals surface area (Å²) in [4.78, 5) is 4.87. The molecular formula is C42H29N3O. The molecule has 0 radical (unpaired) electrons. The number of hydrogen-bond acceptors (Lipinski definition) is 2. The van der Waals surface area contributed by atoms with E-state index in [-0.39, 0.29) is 12.0 Å². The quantitative estimate of drug-likeness (QED) is 0.204. The Hall–Kier alpha value is -5.87. The Morgan fingerprint density at radius 2 is 1.28 bits per heavy atom. The lowest BCUT2D eigenvalue weighted by Gasteiger charge is -2.18. The molecule has 0 spiro atoms. The number of benzene rings is 5. The van der Waals surface area contributed by atoms with Crippen LogP contribution in [0.25, 0.3) is 54.9 Å². The zero-order valence-electron chi connectivity index (χ0n) is 25.0. The largest absolute Gasteiger partial charge is 0.469 e. The lowest BCUT2D eigenvalue weighted by molar-refractivity contribution is 0.261. The van der Waals surface area contributed by atoms with E-state index >= 15 is 0 Å². The van der Waals surface area contributed by atoms with E-state index in [0.717, 1.165) is 23.7 Å². The fourth-order valence-corrected chi connectivity index (χ4v) is 7.66. The van der Waals surface area contributed by atoms with Crippen LogP contribution in [0.4, 0.5) is 0 Å². The van der Waals surface area contributed by atoms with Crippen LogP contribution in [0.2, 0.25) is 0 Å². The van der Waals surface area contributed by atoms with E-state index in [4.69, 9.17) is 9.72 Å². The summed E-state index contributed by atoms with van der Waals surface area (Å²) < 4.78 is 11.1. The minimum Gasteiger partial charge on any atom is -0.469 e. The number of pyridine rings is 1. The Morgan fingerprint density at radius 1 is 0.630 bits per heavy atom. The summed E-state index contributed by atoms with van der Waals surface area (Å²) in [6.45, 7) is 0.799. The van der Waals surface area contributed by atoms with Gasteiger partial charge in [0, 0.05) is 50.6 Å². The van der Waals surface area contributed by atoms with Gasteiger partial charge in [-0.15, -0.1) is 0 Å². The van der Waals surface area contributed by atoms with Crippen LogP contribution in [0.3, 0.4) is 0 Å². The smallest absolute Gasteiger partial charge is 0.218 e. The van der Waals surface area contributed by atoms with Crippen molar-refractivity contribution in [2.45, 2.75) is 18.6 Å². The van der Waals surface area contributed by atoms with Crippen molar-refractivity contribution in [3.63, 3.8) is 0 Å². The molecule has 0 N–H and O–H groups in total. The maximum absolute atomic E-state index is 6.31. The van der Waals surface area contributed by atoms with Gasteiger partial charge in [0.1, 0.15) is 6.10 Å². The molecule has 0 saturated heterocycles. The molecule has 3 aromatic heterocycles. The standard InChI is InChI=1S/C42H29N3O/c1-2-10-28(11-3-1)29-19-21-41-35(23-29)36-24-30(25-43-42(36)46-41)45-39-17-9-6-14-33(39)34-22-27(18-20-40(34)45)26-44-37-15-7-4-12-31(37)32-13-5-8-16-38(32)44/h1-25,35,41H,26H2. The van der Waals surface area contributed by atoms with Gasteiger partial charge in [-0.2, -0.15) is 0 Å². The van der Waals surface area contributed by atoms with Crippen molar-refractivity contribution in [2.24, 2.45) is 0 Å². The number of rotatable bonds is 4. The summed E-state index contributed by atoms with van der Waals surface area (Å²) in [7, 11) is 0. The summed E-state index contributed by atoms with van der Waals surface area (Å²) in [5, 5.41) is 5.08. The summed E-state index contributed by atoms with van der Waals surface area (Å²) in [5.41, 5.74) is 10.8. The van der Waals surface area contributed by atoms with Crippen molar-refractivity contribution in [1.29, 1.82) is 0 Å². The van der Waals surface area contributed by atoms with Crippen molar-refractivity contribution in [3.05, 3.63) is 169 Å². The molecule has 0 amide bonds. The highest BCUT2D eigenvalue weighted by molar-refractivity contribution is 6.10. The molecule has 46 heavy (non-hydrogen) atoms. The molecule has 4 heterocycles. The molecule has 1 aliphatic carbocycles. The molecule has 10 rings (SSSR count). The van der Waals surface area contributed by atoms with Crippen LogP contribution in [0.5, 0.6) is 5.88 Å². The van der Waals surface area contributed by atoms with Gasteiger partial charge in [-0.3, -0.25) is 0 Å². The third kappa shape index (κ3) is 3.77. The first-order valence-corrected chi connectivity index (χ1v) is 15.9. The van der Waals surface area contributed by atoms with Crippen LogP contribution in [-0.4, -0.2) is 20.2 Å². The molecule has 5 aromatic carbocycles. The second-order valence-electron chi connectivity index (χ2n) is 12.4. The Balaban J connectivity index is 1.09. The van der Waals surface area contributed by atoms with Crippen molar-refractivity contribution in [1.82, 2.24) is 14.1 Å².